The molecule has 0 aliphatic carbocycles. The van der Waals surface area contributed by atoms with E-state index in [0.717, 1.165) is 10.5 Å². The Labute approximate surface area is 181 Å². The Morgan fingerprint density at radius 2 is 2.03 bits per heavy atom. The second-order valence-corrected chi connectivity index (χ2v) is 8.68. The predicted molar refractivity (Wildman–Crippen MR) is 109 cm³/mol. The summed E-state index contributed by atoms with van der Waals surface area (Å²) < 4.78 is 11.3. The number of carbonyl (C=O) groups is 3. The first kappa shape index (κ1) is 21.6. The van der Waals surface area contributed by atoms with Crippen LogP contribution in [0.1, 0.15) is 45.6 Å². The molecule has 168 valence electrons. The predicted octanol–water partition coefficient (Wildman–Crippen LogP) is 1.55. The van der Waals surface area contributed by atoms with Crippen LogP contribution < -0.4 is 5.32 Å². The summed E-state index contributed by atoms with van der Waals surface area (Å²) in [6.07, 6.45) is 0.449. The number of hydrogen-bond donors (Lipinski definition) is 2. The van der Waals surface area contributed by atoms with Gasteiger partial charge in [0.1, 0.15) is 18.7 Å². The van der Waals surface area contributed by atoms with E-state index in [9.17, 15) is 19.5 Å². The number of piperazine rings is 1. The standard InChI is InChI=1S/C22H29N3O6/c1-4-21(23-20(28)30-13-15-9-6-5-7-10-15)19(27)25-17(14(2)3)18(26)24-12-8-11-16(24)22(25,29)31-21/h5-7,9-10,14,16-17,29H,4,8,11-13H2,1-3H3,(H,23,28)/t16-,17-,21+,22-/m0/s1. The van der Waals surface area contributed by atoms with E-state index < -0.39 is 35.7 Å². The van der Waals surface area contributed by atoms with Gasteiger partial charge in [0.25, 0.3) is 11.8 Å². The monoisotopic (exact) mass is 431 g/mol. The van der Waals surface area contributed by atoms with Crippen molar-refractivity contribution in [1.82, 2.24) is 15.1 Å². The van der Waals surface area contributed by atoms with Crippen molar-refractivity contribution in [2.24, 2.45) is 5.92 Å². The summed E-state index contributed by atoms with van der Waals surface area (Å²) in [5, 5.41) is 14.1. The molecule has 0 aromatic heterocycles. The number of rotatable bonds is 5. The third kappa shape index (κ3) is 3.36. The molecule has 3 aliphatic rings. The fraction of sp³-hybridized carbons (Fsp3) is 0.591. The minimum absolute atomic E-state index is 0.0259. The molecule has 3 fully saturated rings. The highest BCUT2D eigenvalue weighted by molar-refractivity contribution is 5.96. The van der Waals surface area contributed by atoms with Crippen LogP contribution in [0.3, 0.4) is 0 Å². The van der Waals surface area contributed by atoms with Crippen LogP contribution in [-0.2, 0) is 25.7 Å². The van der Waals surface area contributed by atoms with Gasteiger partial charge in [-0.05, 0) is 24.3 Å². The maximum Gasteiger partial charge on any atom is 0.410 e. The van der Waals surface area contributed by atoms with Crippen LogP contribution in [-0.4, -0.2) is 63.1 Å². The number of ether oxygens (including phenoxy) is 2. The molecule has 4 rings (SSSR count). The van der Waals surface area contributed by atoms with Gasteiger partial charge in [-0.15, -0.1) is 0 Å². The Bertz CT molecular complexity index is 877. The molecular formula is C22H29N3O6. The topological polar surface area (TPSA) is 108 Å². The number of nitrogens with one attached hydrogen (secondary N) is 1. The Hall–Kier alpha value is -2.65. The van der Waals surface area contributed by atoms with Gasteiger partial charge in [0.2, 0.25) is 11.6 Å². The Balaban J connectivity index is 1.60. The van der Waals surface area contributed by atoms with E-state index in [1.165, 1.54) is 0 Å². The van der Waals surface area contributed by atoms with Crippen LogP contribution in [0, 0.1) is 5.92 Å². The molecule has 3 aliphatic heterocycles. The number of aliphatic hydroxyl groups is 1. The van der Waals surface area contributed by atoms with Crippen molar-refractivity contribution >= 4 is 17.9 Å². The fourth-order valence-electron chi connectivity index (χ4n) is 4.84. The summed E-state index contributed by atoms with van der Waals surface area (Å²) in [6, 6.07) is 7.61. The third-order valence-corrected chi connectivity index (χ3v) is 6.38. The van der Waals surface area contributed by atoms with Gasteiger partial charge in [0, 0.05) is 13.0 Å². The highest BCUT2D eigenvalue weighted by atomic mass is 16.7. The number of carbonyl (C=O) groups excluding carboxylic acids is 3. The van der Waals surface area contributed by atoms with Crippen molar-refractivity contribution < 1.29 is 29.0 Å². The molecular weight excluding hydrogens is 402 g/mol. The lowest BCUT2D eigenvalue weighted by molar-refractivity contribution is -0.319. The Morgan fingerprint density at radius 1 is 1.32 bits per heavy atom. The molecule has 0 radical (unpaired) electrons. The highest BCUT2D eigenvalue weighted by Gasteiger charge is 2.71. The van der Waals surface area contributed by atoms with Gasteiger partial charge >= 0.3 is 6.09 Å². The van der Waals surface area contributed by atoms with E-state index in [1.54, 1.807) is 11.8 Å². The molecule has 0 bridgehead atoms. The van der Waals surface area contributed by atoms with Crippen molar-refractivity contribution in [3.63, 3.8) is 0 Å². The van der Waals surface area contributed by atoms with Crippen molar-refractivity contribution in [2.45, 2.75) is 70.4 Å². The van der Waals surface area contributed by atoms with E-state index in [2.05, 4.69) is 5.32 Å². The van der Waals surface area contributed by atoms with Gasteiger partial charge in [-0.1, -0.05) is 51.1 Å². The number of fused-ring (bicyclic) bond motifs is 3. The smallest absolute Gasteiger partial charge is 0.410 e. The molecule has 0 saturated carbocycles. The zero-order valence-corrected chi connectivity index (χ0v) is 18.0. The third-order valence-electron chi connectivity index (χ3n) is 6.38. The van der Waals surface area contributed by atoms with Crippen molar-refractivity contribution in [3.05, 3.63) is 35.9 Å². The molecule has 1 aromatic rings. The van der Waals surface area contributed by atoms with Crippen LogP contribution in [0.25, 0.3) is 0 Å². The molecule has 0 spiro atoms. The summed E-state index contributed by atoms with van der Waals surface area (Å²) in [7, 11) is 0. The number of benzene rings is 1. The number of amides is 3. The largest absolute Gasteiger partial charge is 0.445 e. The van der Waals surface area contributed by atoms with E-state index in [1.807, 2.05) is 44.2 Å². The average Bonchev–Trinajstić information content (AvgIpc) is 3.32. The van der Waals surface area contributed by atoms with Crippen LogP contribution in [0.4, 0.5) is 4.79 Å². The molecule has 3 heterocycles. The van der Waals surface area contributed by atoms with Crippen LogP contribution in [0.5, 0.6) is 0 Å². The second-order valence-electron chi connectivity index (χ2n) is 8.68. The SMILES string of the molecule is CC[C@@]1(NC(=O)OCc2ccccc2)O[C@@]2(O)[C@@H]3CCCN3C(=O)[C@H](C(C)C)N2C1=O. The van der Waals surface area contributed by atoms with E-state index in [4.69, 9.17) is 9.47 Å². The first-order chi connectivity index (χ1) is 14.7. The summed E-state index contributed by atoms with van der Waals surface area (Å²) in [6.45, 7) is 5.85. The minimum Gasteiger partial charge on any atom is -0.445 e. The van der Waals surface area contributed by atoms with Crippen molar-refractivity contribution in [1.29, 1.82) is 0 Å². The summed E-state index contributed by atoms with van der Waals surface area (Å²) in [5.41, 5.74) is -1.01. The minimum atomic E-state index is -2.00. The molecule has 3 amide bonds. The van der Waals surface area contributed by atoms with Gasteiger partial charge < -0.3 is 14.7 Å². The van der Waals surface area contributed by atoms with Crippen LogP contribution in [0.15, 0.2) is 30.3 Å². The van der Waals surface area contributed by atoms with Gasteiger partial charge in [-0.25, -0.2) is 4.79 Å². The van der Waals surface area contributed by atoms with Gasteiger partial charge in [-0.2, -0.15) is 0 Å². The molecule has 0 unspecified atom stereocenters. The molecule has 4 atom stereocenters. The Morgan fingerprint density at radius 3 is 2.68 bits per heavy atom. The van der Waals surface area contributed by atoms with E-state index >= 15 is 0 Å². The first-order valence-electron chi connectivity index (χ1n) is 10.8. The molecule has 3 saturated heterocycles. The number of alkyl carbamates (subject to hydrolysis) is 1. The summed E-state index contributed by atoms with van der Waals surface area (Å²) in [4.78, 5) is 42.0. The lowest BCUT2D eigenvalue weighted by atomic mass is 9.94. The first-order valence-corrected chi connectivity index (χ1v) is 10.8. The average molecular weight is 431 g/mol. The van der Waals surface area contributed by atoms with Crippen LogP contribution in [0.2, 0.25) is 0 Å². The number of nitrogens with zero attached hydrogens (tertiary/aromatic N) is 2. The van der Waals surface area contributed by atoms with Gasteiger partial charge in [0.05, 0.1) is 0 Å². The number of hydrogen-bond acceptors (Lipinski definition) is 6. The molecule has 31 heavy (non-hydrogen) atoms. The maximum absolute atomic E-state index is 13.6. The zero-order chi connectivity index (χ0) is 22.4. The molecule has 9 nitrogen and oxygen atoms in total. The normalized spacial score (nSPS) is 32.3. The lowest BCUT2D eigenvalue weighted by Crippen LogP contribution is -2.72. The van der Waals surface area contributed by atoms with Gasteiger partial charge in [0.15, 0.2) is 0 Å². The lowest BCUT2D eigenvalue weighted by Gasteiger charge is -2.49. The van der Waals surface area contributed by atoms with Crippen molar-refractivity contribution in [2.75, 3.05) is 6.54 Å². The van der Waals surface area contributed by atoms with Crippen LogP contribution >= 0.6 is 0 Å². The van der Waals surface area contributed by atoms with Crippen molar-refractivity contribution in [3.8, 4) is 0 Å². The zero-order valence-electron chi connectivity index (χ0n) is 18.0. The molecule has 9 heteroatoms. The highest BCUT2D eigenvalue weighted by Crippen LogP contribution is 2.47. The molecule has 2 N–H and O–H groups in total. The fourth-order valence-corrected chi connectivity index (χ4v) is 4.84. The summed E-state index contributed by atoms with van der Waals surface area (Å²) in [5.74, 6) is -3.07. The maximum atomic E-state index is 13.6. The quantitative estimate of drug-likeness (QED) is 0.732. The van der Waals surface area contributed by atoms with E-state index in [0.29, 0.717) is 19.4 Å². The second kappa shape index (κ2) is 7.80. The Kier molecular flexibility index (Phi) is 5.43. The summed E-state index contributed by atoms with van der Waals surface area (Å²) >= 11 is 0. The van der Waals surface area contributed by atoms with E-state index in [-0.39, 0.29) is 24.9 Å². The van der Waals surface area contributed by atoms with Gasteiger partial charge in [-0.3, -0.25) is 24.5 Å². The molecule has 1 aromatic carbocycles.